The van der Waals surface area contributed by atoms with Crippen molar-refractivity contribution >= 4 is 11.6 Å². The maximum absolute atomic E-state index is 11.8. The molecule has 3 heterocycles. The third kappa shape index (κ3) is 1.44. The number of nitrogens with one attached hydrogen (secondary N) is 1. The Hall–Kier alpha value is -1.39. The van der Waals surface area contributed by atoms with Gasteiger partial charge < -0.3 is 15.0 Å². The van der Waals surface area contributed by atoms with Gasteiger partial charge in [0.25, 0.3) is 0 Å². The monoisotopic (exact) mass is 258 g/mol. The van der Waals surface area contributed by atoms with Crippen molar-refractivity contribution in [1.82, 2.24) is 5.32 Å². The van der Waals surface area contributed by atoms with Crippen molar-refractivity contribution in [3.63, 3.8) is 0 Å². The van der Waals surface area contributed by atoms with Crippen molar-refractivity contribution in [2.75, 3.05) is 38.3 Å². The van der Waals surface area contributed by atoms with Crippen LogP contribution in [0.5, 0.6) is 0 Å². The number of carbonyl (C=O) groups excluding carboxylic acids is 1. The normalized spacial score (nSPS) is 24.9. The Morgan fingerprint density at radius 1 is 1.37 bits per heavy atom. The maximum atomic E-state index is 11.8. The first-order valence-electron chi connectivity index (χ1n) is 6.89. The largest absolute Gasteiger partial charge is 0.379 e. The number of benzene rings is 1. The Morgan fingerprint density at radius 3 is 2.74 bits per heavy atom. The molecule has 4 nitrogen and oxygen atoms in total. The van der Waals surface area contributed by atoms with Gasteiger partial charge in [0.1, 0.15) is 0 Å². The summed E-state index contributed by atoms with van der Waals surface area (Å²) < 4.78 is 5.51. The van der Waals surface area contributed by atoms with Crippen molar-refractivity contribution in [1.29, 1.82) is 0 Å². The standard InChI is InChI=1S/C15H18N2O2/c1-17-13-3-2-11(4-10(13)5-14(17)18)15(8-19-9-15)12-6-16-7-12/h2-4,12,16H,5-9H2,1H3. The molecule has 1 aromatic rings. The molecule has 0 unspecified atom stereocenters. The molecule has 3 aliphatic heterocycles. The van der Waals surface area contributed by atoms with E-state index in [2.05, 4.69) is 23.5 Å². The van der Waals surface area contributed by atoms with E-state index in [4.69, 9.17) is 4.74 Å². The van der Waals surface area contributed by atoms with Crippen LogP contribution in [0.4, 0.5) is 5.69 Å². The number of anilines is 1. The zero-order chi connectivity index (χ0) is 13.0. The Bertz CT molecular complexity index is 547. The van der Waals surface area contributed by atoms with Crippen LogP contribution < -0.4 is 10.2 Å². The van der Waals surface area contributed by atoms with E-state index in [1.165, 1.54) is 11.1 Å². The Morgan fingerprint density at radius 2 is 2.16 bits per heavy atom. The fraction of sp³-hybridized carbons (Fsp3) is 0.533. The van der Waals surface area contributed by atoms with Crippen LogP contribution in [-0.2, 0) is 21.4 Å². The minimum atomic E-state index is 0.185. The minimum Gasteiger partial charge on any atom is -0.379 e. The molecule has 0 bridgehead atoms. The molecule has 0 saturated carbocycles. The van der Waals surface area contributed by atoms with Crippen LogP contribution in [0.15, 0.2) is 18.2 Å². The molecule has 1 aromatic carbocycles. The van der Waals surface area contributed by atoms with Gasteiger partial charge >= 0.3 is 0 Å². The molecule has 0 radical (unpaired) electrons. The quantitative estimate of drug-likeness (QED) is 0.849. The average molecular weight is 258 g/mol. The molecule has 4 heteroatoms. The maximum Gasteiger partial charge on any atom is 0.231 e. The number of fused-ring (bicyclic) bond motifs is 1. The summed E-state index contributed by atoms with van der Waals surface area (Å²) in [6.45, 7) is 3.81. The number of ether oxygens (including phenoxy) is 1. The lowest BCUT2D eigenvalue weighted by Crippen LogP contribution is -2.62. The molecule has 0 aliphatic carbocycles. The third-order valence-corrected chi connectivity index (χ3v) is 5.01. The summed E-state index contributed by atoms with van der Waals surface area (Å²) in [5.41, 5.74) is 3.77. The van der Waals surface area contributed by atoms with Crippen LogP contribution in [0.3, 0.4) is 0 Å². The van der Waals surface area contributed by atoms with Gasteiger partial charge in [0.05, 0.1) is 19.6 Å². The molecule has 19 heavy (non-hydrogen) atoms. The number of nitrogens with zero attached hydrogens (tertiary/aromatic N) is 1. The van der Waals surface area contributed by atoms with Gasteiger partial charge in [-0.2, -0.15) is 0 Å². The number of amides is 1. The van der Waals surface area contributed by atoms with Gasteiger partial charge in [-0.25, -0.2) is 0 Å². The summed E-state index contributed by atoms with van der Waals surface area (Å²) in [5.74, 6) is 0.866. The van der Waals surface area contributed by atoms with Crippen LogP contribution >= 0.6 is 0 Å². The molecule has 3 aliphatic rings. The Balaban J connectivity index is 1.73. The fourth-order valence-electron chi connectivity index (χ4n) is 3.42. The van der Waals surface area contributed by atoms with E-state index in [0.29, 0.717) is 12.3 Å². The van der Waals surface area contributed by atoms with Gasteiger partial charge in [-0.05, 0) is 23.1 Å². The van der Waals surface area contributed by atoms with Gasteiger partial charge in [-0.1, -0.05) is 12.1 Å². The van der Waals surface area contributed by atoms with E-state index >= 15 is 0 Å². The molecule has 4 rings (SSSR count). The SMILES string of the molecule is CN1C(=O)Cc2cc(C3(C4CNC4)COC3)ccc21. The third-order valence-electron chi connectivity index (χ3n) is 5.01. The van der Waals surface area contributed by atoms with E-state index < -0.39 is 0 Å². The van der Waals surface area contributed by atoms with E-state index in [1.807, 2.05) is 7.05 Å². The number of rotatable bonds is 2. The van der Waals surface area contributed by atoms with Crippen LogP contribution in [-0.4, -0.2) is 39.3 Å². The first-order chi connectivity index (χ1) is 9.21. The summed E-state index contributed by atoms with van der Waals surface area (Å²) in [7, 11) is 1.85. The number of hydrogen-bond acceptors (Lipinski definition) is 3. The molecule has 100 valence electrons. The molecule has 0 aromatic heterocycles. The molecule has 2 saturated heterocycles. The fourth-order valence-corrected chi connectivity index (χ4v) is 3.42. The number of hydrogen-bond donors (Lipinski definition) is 1. The van der Waals surface area contributed by atoms with Crippen LogP contribution in [0.1, 0.15) is 11.1 Å². The highest BCUT2D eigenvalue weighted by molar-refractivity contribution is 6.00. The van der Waals surface area contributed by atoms with Crippen molar-refractivity contribution in [3.05, 3.63) is 29.3 Å². The van der Waals surface area contributed by atoms with Crippen LogP contribution in [0.25, 0.3) is 0 Å². The van der Waals surface area contributed by atoms with E-state index in [9.17, 15) is 4.79 Å². The second kappa shape index (κ2) is 3.81. The lowest BCUT2D eigenvalue weighted by molar-refractivity contribution is -0.117. The van der Waals surface area contributed by atoms with Crippen molar-refractivity contribution in [2.24, 2.45) is 5.92 Å². The lowest BCUT2D eigenvalue weighted by Gasteiger charge is -2.51. The predicted octanol–water partition coefficient (Wildman–Crippen LogP) is 0.693. The highest BCUT2D eigenvalue weighted by Gasteiger charge is 2.49. The van der Waals surface area contributed by atoms with Crippen molar-refractivity contribution in [2.45, 2.75) is 11.8 Å². The number of carbonyl (C=O) groups is 1. The first kappa shape index (κ1) is 11.4. The molecule has 2 fully saturated rings. The topological polar surface area (TPSA) is 41.6 Å². The highest BCUT2D eigenvalue weighted by Crippen LogP contribution is 2.43. The van der Waals surface area contributed by atoms with Gasteiger partial charge in [-0.3, -0.25) is 4.79 Å². The lowest BCUT2D eigenvalue weighted by atomic mass is 9.66. The Labute approximate surface area is 112 Å². The van der Waals surface area contributed by atoms with E-state index in [-0.39, 0.29) is 11.3 Å². The zero-order valence-corrected chi connectivity index (χ0v) is 11.1. The summed E-state index contributed by atoms with van der Waals surface area (Å²) in [6, 6.07) is 6.52. The number of likely N-dealkylation sites (N-methyl/N-ethyl adjacent to an activating group) is 1. The van der Waals surface area contributed by atoms with Gasteiger partial charge in [0.2, 0.25) is 5.91 Å². The van der Waals surface area contributed by atoms with Crippen molar-refractivity contribution in [3.8, 4) is 0 Å². The molecular weight excluding hydrogens is 240 g/mol. The van der Waals surface area contributed by atoms with Gasteiger partial charge in [-0.15, -0.1) is 0 Å². The van der Waals surface area contributed by atoms with E-state index in [0.717, 1.165) is 32.0 Å². The smallest absolute Gasteiger partial charge is 0.231 e. The summed E-state index contributed by atoms with van der Waals surface area (Å²) in [4.78, 5) is 13.5. The minimum absolute atomic E-state index is 0.185. The summed E-state index contributed by atoms with van der Waals surface area (Å²) >= 11 is 0. The van der Waals surface area contributed by atoms with Crippen LogP contribution in [0.2, 0.25) is 0 Å². The van der Waals surface area contributed by atoms with Gasteiger partial charge in [0.15, 0.2) is 0 Å². The Kier molecular flexibility index (Phi) is 2.29. The zero-order valence-electron chi connectivity index (χ0n) is 11.1. The molecule has 0 atom stereocenters. The molecular formula is C15H18N2O2. The summed E-state index contributed by atoms with van der Waals surface area (Å²) in [5, 5.41) is 3.35. The van der Waals surface area contributed by atoms with E-state index in [1.54, 1.807) is 4.90 Å². The molecule has 0 spiro atoms. The van der Waals surface area contributed by atoms with Crippen LogP contribution in [0, 0.1) is 5.92 Å². The predicted molar refractivity (Wildman–Crippen MR) is 72.4 cm³/mol. The highest BCUT2D eigenvalue weighted by atomic mass is 16.5. The average Bonchev–Trinajstić information content (AvgIpc) is 2.57. The van der Waals surface area contributed by atoms with Crippen molar-refractivity contribution < 1.29 is 9.53 Å². The second-order valence-corrected chi connectivity index (χ2v) is 5.98. The van der Waals surface area contributed by atoms with Gasteiger partial charge in [0, 0.05) is 31.2 Å². The molecule has 1 amide bonds. The first-order valence-corrected chi connectivity index (χ1v) is 6.89. The molecule has 1 N–H and O–H groups in total. The second-order valence-electron chi connectivity index (χ2n) is 5.98. The summed E-state index contributed by atoms with van der Waals surface area (Å²) in [6.07, 6.45) is 0.541.